The van der Waals surface area contributed by atoms with E-state index in [2.05, 4.69) is 20.8 Å². The van der Waals surface area contributed by atoms with Gasteiger partial charge in [-0.15, -0.1) is 0 Å². The molecule has 6 rings (SSSR count). The lowest BCUT2D eigenvalue weighted by atomic mass is 9.99. The molecule has 7 heteroatoms. The Kier molecular flexibility index (Phi) is 4.20. The van der Waals surface area contributed by atoms with Crippen molar-refractivity contribution in [2.24, 2.45) is 0 Å². The molecule has 0 unspecified atom stereocenters. The van der Waals surface area contributed by atoms with Crippen molar-refractivity contribution in [1.82, 2.24) is 4.90 Å². The Labute approximate surface area is 182 Å². The molecule has 30 heavy (non-hydrogen) atoms. The number of ether oxygens (including phenoxy) is 4. The maximum atomic E-state index is 13.2. The van der Waals surface area contributed by atoms with E-state index in [0.29, 0.717) is 36.5 Å². The van der Waals surface area contributed by atoms with Gasteiger partial charge in [-0.05, 0) is 44.0 Å². The van der Waals surface area contributed by atoms with Gasteiger partial charge in [0, 0.05) is 39.3 Å². The van der Waals surface area contributed by atoms with Crippen LogP contribution in [0.5, 0.6) is 17.2 Å². The zero-order chi connectivity index (χ0) is 20.4. The molecule has 1 aliphatic carbocycles. The molecule has 0 N–H and O–H groups in total. The van der Waals surface area contributed by atoms with Crippen molar-refractivity contribution < 1.29 is 23.7 Å². The van der Waals surface area contributed by atoms with Gasteiger partial charge in [-0.2, -0.15) is 0 Å². The minimum Gasteiger partial charge on any atom is -0.477 e. The highest BCUT2D eigenvalue weighted by Crippen LogP contribution is 2.45. The van der Waals surface area contributed by atoms with Crippen LogP contribution in [0.15, 0.2) is 28.4 Å². The smallest absolute Gasteiger partial charge is 0.231 e. The molecule has 0 bridgehead atoms. The first-order valence-corrected chi connectivity index (χ1v) is 10.9. The van der Waals surface area contributed by atoms with Gasteiger partial charge in [0.2, 0.25) is 5.78 Å². The molecule has 1 saturated carbocycles. The molecular formula is C23H20BrNO5. The zero-order valence-corrected chi connectivity index (χ0v) is 18.1. The van der Waals surface area contributed by atoms with Gasteiger partial charge in [-0.3, -0.25) is 9.69 Å². The number of halogens is 1. The van der Waals surface area contributed by atoms with E-state index in [9.17, 15) is 4.79 Å². The van der Waals surface area contributed by atoms with Crippen molar-refractivity contribution in [3.63, 3.8) is 0 Å². The number of hydrogen-bond donors (Lipinski definition) is 0. The van der Waals surface area contributed by atoms with Gasteiger partial charge in [-0.1, -0.05) is 15.9 Å². The molecule has 3 aliphatic heterocycles. The van der Waals surface area contributed by atoms with Gasteiger partial charge in [0.05, 0.1) is 12.2 Å². The molecule has 0 amide bonds. The standard InChI is InChI=1S/C23H20BrNO5/c1-12-21-14(8-25(10-28-21)17-2-3-17)6-18-20(26)19(30-22(12)18)7-13-4-16(24)5-15-9-27-11-29-23(13)15/h4-7,17H,2-3,8-11H2,1H3/b19-7-. The van der Waals surface area contributed by atoms with Gasteiger partial charge in [0.1, 0.15) is 24.0 Å². The SMILES string of the molecule is Cc1c2c(cc3c1O/C(=C\c1cc(Br)cc4c1OCOC4)C3=O)CN(C1CC1)CO2. The number of hydrogen-bond acceptors (Lipinski definition) is 6. The summed E-state index contributed by atoms with van der Waals surface area (Å²) in [5.74, 6) is 2.35. The fourth-order valence-corrected chi connectivity index (χ4v) is 4.92. The minimum atomic E-state index is -0.111. The summed E-state index contributed by atoms with van der Waals surface area (Å²) in [6.45, 7) is 4.04. The number of allylic oxidation sites excluding steroid dienone is 1. The lowest BCUT2D eigenvalue weighted by Crippen LogP contribution is -2.34. The summed E-state index contributed by atoms with van der Waals surface area (Å²) in [6, 6.07) is 6.44. The van der Waals surface area contributed by atoms with Crippen LogP contribution in [0.2, 0.25) is 0 Å². The lowest BCUT2D eigenvalue weighted by molar-refractivity contribution is -0.0165. The van der Waals surface area contributed by atoms with Crippen molar-refractivity contribution in [2.75, 3.05) is 13.5 Å². The minimum absolute atomic E-state index is 0.111. The first-order chi connectivity index (χ1) is 14.6. The van der Waals surface area contributed by atoms with Gasteiger partial charge in [-0.25, -0.2) is 0 Å². The molecule has 4 aliphatic rings. The quantitative estimate of drug-likeness (QED) is 0.601. The Balaban J connectivity index is 1.38. The molecule has 0 spiro atoms. The normalized spacial score (nSPS) is 21.4. The third-order valence-electron chi connectivity index (χ3n) is 6.02. The van der Waals surface area contributed by atoms with Crippen LogP contribution in [0.1, 0.15) is 45.5 Å². The van der Waals surface area contributed by atoms with Crippen molar-refractivity contribution >= 4 is 27.8 Å². The number of fused-ring (bicyclic) bond motifs is 3. The van der Waals surface area contributed by atoms with Gasteiger partial charge in [0.15, 0.2) is 12.6 Å². The number of carbonyl (C=O) groups is 1. The third kappa shape index (κ3) is 2.95. The summed E-state index contributed by atoms with van der Waals surface area (Å²) < 4.78 is 24.1. The Morgan fingerprint density at radius 1 is 1.10 bits per heavy atom. The number of nitrogens with zero attached hydrogens (tertiary/aromatic N) is 1. The number of Topliss-reactive ketones (excluding diaryl/α,β-unsaturated/α-hetero) is 1. The van der Waals surface area contributed by atoms with Crippen LogP contribution in [0, 0.1) is 6.92 Å². The second kappa shape index (κ2) is 6.83. The van der Waals surface area contributed by atoms with Crippen LogP contribution in [0.4, 0.5) is 0 Å². The number of ketones is 1. The van der Waals surface area contributed by atoms with Gasteiger partial charge < -0.3 is 18.9 Å². The molecule has 0 radical (unpaired) electrons. The van der Waals surface area contributed by atoms with Crippen LogP contribution in [-0.4, -0.2) is 30.2 Å². The Morgan fingerprint density at radius 3 is 2.80 bits per heavy atom. The Morgan fingerprint density at radius 2 is 1.97 bits per heavy atom. The summed E-state index contributed by atoms with van der Waals surface area (Å²) in [6.07, 6.45) is 4.20. The second-order valence-electron chi connectivity index (χ2n) is 8.15. The van der Waals surface area contributed by atoms with Crippen LogP contribution in [0.3, 0.4) is 0 Å². The van der Waals surface area contributed by atoms with E-state index in [4.69, 9.17) is 18.9 Å². The molecule has 3 heterocycles. The predicted octanol–water partition coefficient (Wildman–Crippen LogP) is 4.55. The van der Waals surface area contributed by atoms with E-state index < -0.39 is 0 Å². The summed E-state index contributed by atoms with van der Waals surface area (Å²) in [4.78, 5) is 15.5. The van der Waals surface area contributed by atoms with Crippen LogP contribution in [-0.2, 0) is 17.9 Å². The first-order valence-electron chi connectivity index (χ1n) is 10.1. The Bertz CT molecular complexity index is 1120. The lowest BCUT2D eigenvalue weighted by Gasteiger charge is -2.30. The van der Waals surface area contributed by atoms with Crippen molar-refractivity contribution in [1.29, 1.82) is 0 Å². The maximum Gasteiger partial charge on any atom is 0.231 e. The van der Waals surface area contributed by atoms with Gasteiger partial charge in [0.25, 0.3) is 0 Å². The van der Waals surface area contributed by atoms with Crippen LogP contribution >= 0.6 is 15.9 Å². The fourth-order valence-electron chi connectivity index (χ4n) is 4.40. The van der Waals surface area contributed by atoms with Crippen molar-refractivity contribution in [3.05, 3.63) is 56.2 Å². The van der Waals surface area contributed by atoms with Crippen LogP contribution in [0.25, 0.3) is 6.08 Å². The molecule has 154 valence electrons. The highest BCUT2D eigenvalue weighted by molar-refractivity contribution is 9.10. The number of rotatable bonds is 2. The third-order valence-corrected chi connectivity index (χ3v) is 6.48. The largest absolute Gasteiger partial charge is 0.477 e. The second-order valence-corrected chi connectivity index (χ2v) is 9.07. The zero-order valence-electron chi connectivity index (χ0n) is 16.5. The maximum absolute atomic E-state index is 13.2. The van der Waals surface area contributed by atoms with E-state index in [1.54, 1.807) is 6.08 Å². The molecule has 0 aromatic heterocycles. The first kappa shape index (κ1) is 18.4. The highest BCUT2D eigenvalue weighted by atomic mass is 79.9. The average Bonchev–Trinajstić information content (AvgIpc) is 3.55. The monoisotopic (exact) mass is 469 g/mol. The molecule has 0 atom stereocenters. The Hall–Kier alpha value is -2.35. The number of carbonyl (C=O) groups excluding carboxylic acids is 1. The van der Waals surface area contributed by atoms with Crippen molar-refractivity contribution in [3.8, 4) is 17.2 Å². The van der Waals surface area contributed by atoms with Gasteiger partial charge >= 0.3 is 0 Å². The summed E-state index contributed by atoms with van der Waals surface area (Å²) >= 11 is 3.53. The van der Waals surface area contributed by atoms with E-state index in [-0.39, 0.29) is 12.6 Å². The molecule has 6 nitrogen and oxygen atoms in total. The summed E-state index contributed by atoms with van der Waals surface area (Å²) in [5, 5.41) is 0. The molecule has 2 aromatic carbocycles. The average molecular weight is 470 g/mol. The molecule has 1 fully saturated rings. The van der Waals surface area contributed by atoms with E-state index in [1.807, 2.05) is 25.1 Å². The van der Waals surface area contributed by atoms with E-state index >= 15 is 0 Å². The van der Waals surface area contributed by atoms with E-state index in [1.165, 1.54) is 12.8 Å². The summed E-state index contributed by atoms with van der Waals surface area (Å²) in [7, 11) is 0. The number of benzene rings is 2. The van der Waals surface area contributed by atoms with E-state index in [0.717, 1.165) is 44.8 Å². The highest BCUT2D eigenvalue weighted by Gasteiger charge is 2.37. The molecule has 0 saturated heterocycles. The fraction of sp³-hybridized carbons (Fsp3) is 0.348. The topological polar surface area (TPSA) is 57.2 Å². The van der Waals surface area contributed by atoms with Crippen LogP contribution < -0.4 is 14.2 Å². The summed E-state index contributed by atoms with van der Waals surface area (Å²) in [5.41, 5.74) is 4.27. The van der Waals surface area contributed by atoms with Crippen molar-refractivity contribution in [2.45, 2.75) is 39.0 Å². The predicted molar refractivity (Wildman–Crippen MR) is 113 cm³/mol. The molecular weight excluding hydrogens is 450 g/mol. The molecule has 2 aromatic rings.